The summed E-state index contributed by atoms with van der Waals surface area (Å²) in [5, 5.41) is 10.5. The molecule has 106 valence electrons. The molecule has 0 unspecified atom stereocenters. The minimum absolute atomic E-state index is 0.0564. The number of nitrogens with zero attached hydrogens (tertiary/aromatic N) is 2. The summed E-state index contributed by atoms with van der Waals surface area (Å²) in [6.07, 6.45) is 3.68. The number of nitrogens with one attached hydrogen (secondary N) is 1. The van der Waals surface area contributed by atoms with Crippen LogP contribution >= 0.6 is 0 Å². The average Bonchev–Trinajstić information content (AvgIpc) is 2.90. The molecule has 4 nitrogen and oxygen atoms in total. The molecule has 0 atom stereocenters. The van der Waals surface area contributed by atoms with E-state index in [-0.39, 0.29) is 5.76 Å². The molecule has 2 N–H and O–H groups in total. The summed E-state index contributed by atoms with van der Waals surface area (Å²) in [4.78, 5) is 12.2. The topological polar surface area (TPSA) is 61.8 Å². The zero-order chi connectivity index (χ0) is 15.0. The second kappa shape index (κ2) is 5.05. The van der Waals surface area contributed by atoms with Gasteiger partial charge in [0.1, 0.15) is 5.76 Å². The van der Waals surface area contributed by atoms with Gasteiger partial charge in [0.15, 0.2) is 5.82 Å². The lowest BCUT2D eigenvalue weighted by molar-refractivity contribution is 0.514. The minimum atomic E-state index is 0.0564. The van der Waals surface area contributed by atoms with Crippen LogP contribution in [0.1, 0.15) is 31.0 Å². The number of rotatable bonds is 3. The van der Waals surface area contributed by atoms with Crippen molar-refractivity contribution in [3.8, 4) is 11.4 Å². The van der Waals surface area contributed by atoms with Crippen LogP contribution in [0.4, 0.5) is 0 Å². The fourth-order valence-corrected chi connectivity index (χ4v) is 2.31. The highest BCUT2D eigenvalue weighted by atomic mass is 16.3. The Balaban J connectivity index is 2.18. The quantitative estimate of drug-likeness (QED) is 0.703. The van der Waals surface area contributed by atoms with Crippen LogP contribution in [0.2, 0.25) is 0 Å². The molecule has 21 heavy (non-hydrogen) atoms. The molecule has 0 bridgehead atoms. The molecule has 3 aromatic rings. The largest absolute Gasteiger partial charge is 0.508 e. The summed E-state index contributed by atoms with van der Waals surface area (Å²) in [5.74, 6) is 1.10. The van der Waals surface area contributed by atoms with Crippen molar-refractivity contribution in [2.24, 2.45) is 0 Å². The third-order valence-corrected chi connectivity index (χ3v) is 3.52. The summed E-state index contributed by atoms with van der Waals surface area (Å²) in [7, 11) is 0. The second-order valence-electron chi connectivity index (χ2n) is 5.37. The van der Waals surface area contributed by atoms with Gasteiger partial charge in [-0.25, -0.2) is 9.97 Å². The van der Waals surface area contributed by atoms with Crippen molar-refractivity contribution in [3.63, 3.8) is 0 Å². The van der Waals surface area contributed by atoms with Crippen LogP contribution in [-0.2, 0) is 0 Å². The van der Waals surface area contributed by atoms with E-state index in [0.29, 0.717) is 17.3 Å². The number of aromatic amines is 1. The molecular formula is C17H17N3O. The first-order valence-electron chi connectivity index (χ1n) is 6.89. The van der Waals surface area contributed by atoms with Gasteiger partial charge in [-0.05, 0) is 30.2 Å². The SMILES string of the molecule is C=C(O)c1ccc2[nH]cc(-c3nccc(C(C)C)n3)c2c1. The molecule has 0 saturated carbocycles. The van der Waals surface area contributed by atoms with E-state index in [1.165, 1.54) is 0 Å². The molecule has 3 rings (SSSR count). The van der Waals surface area contributed by atoms with Crippen molar-refractivity contribution in [1.82, 2.24) is 15.0 Å². The van der Waals surface area contributed by atoms with Gasteiger partial charge in [-0.15, -0.1) is 0 Å². The van der Waals surface area contributed by atoms with E-state index >= 15 is 0 Å². The highest BCUT2D eigenvalue weighted by Gasteiger charge is 2.11. The molecule has 0 amide bonds. The van der Waals surface area contributed by atoms with E-state index in [1.54, 1.807) is 6.20 Å². The second-order valence-corrected chi connectivity index (χ2v) is 5.37. The Hall–Kier alpha value is -2.62. The Bertz CT molecular complexity index is 818. The minimum Gasteiger partial charge on any atom is -0.508 e. The van der Waals surface area contributed by atoms with Crippen LogP contribution in [0.3, 0.4) is 0 Å². The standard InChI is InChI=1S/C17H17N3O/c1-10(2)15-6-7-18-17(20-15)14-9-19-16-5-4-12(11(3)21)8-13(14)16/h4-10,19,21H,3H2,1-2H3. The van der Waals surface area contributed by atoms with Crippen molar-refractivity contribution in [2.45, 2.75) is 19.8 Å². The van der Waals surface area contributed by atoms with E-state index in [1.807, 2.05) is 30.5 Å². The molecule has 0 aliphatic carbocycles. The van der Waals surface area contributed by atoms with Gasteiger partial charge >= 0.3 is 0 Å². The Morgan fingerprint density at radius 3 is 2.81 bits per heavy atom. The number of aliphatic hydroxyl groups is 1. The summed E-state index contributed by atoms with van der Waals surface area (Å²) in [6.45, 7) is 7.78. The molecule has 0 fully saturated rings. The monoisotopic (exact) mass is 279 g/mol. The average molecular weight is 279 g/mol. The zero-order valence-electron chi connectivity index (χ0n) is 12.1. The lowest BCUT2D eigenvalue weighted by Gasteiger charge is -2.06. The summed E-state index contributed by atoms with van der Waals surface area (Å²) < 4.78 is 0. The van der Waals surface area contributed by atoms with E-state index in [9.17, 15) is 5.11 Å². The Morgan fingerprint density at radius 1 is 1.29 bits per heavy atom. The van der Waals surface area contributed by atoms with E-state index in [2.05, 4.69) is 35.4 Å². The van der Waals surface area contributed by atoms with Crippen molar-refractivity contribution < 1.29 is 5.11 Å². The van der Waals surface area contributed by atoms with Gasteiger partial charge in [-0.2, -0.15) is 0 Å². The molecule has 0 spiro atoms. The summed E-state index contributed by atoms with van der Waals surface area (Å²) in [5.41, 5.74) is 3.62. The first-order chi connectivity index (χ1) is 10.1. The van der Waals surface area contributed by atoms with E-state index < -0.39 is 0 Å². The van der Waals surface area contributed by atoms with Crippen LogP contribution in [0.25, 0.3) is 28.0 Å². The van der Waals surface area contributed by atoms with Crippen LogP contribution in [-0.4, -0.2) is 20.1 Å². The number of aliphatic hydroxyl groups excluding tert-OH is 1. The smallest absolute Gasteiger partial charge is 0.161 e. The van der Waals surface area contributed by atoms with Crippen LogP contribution < -0.4 is 0 Å². The summed E-state index contributed by atoms with van der Waals surface area (Å²) in [6, 6.07) is 7.58. The van der Waals surface area contributed by atoms with Gasteiger partial charge in [0.05, 0.1) is 0 Å². The van der Waals surface area contributed by atoms with Gasteiger partial charge in [-0.1, -0.05) is 20.4 Å². The van der Waals surface area contributed by atoms with Crippen LogP contribution in [0.5, 0.6) is 0 Å². The molecule has 0 aliphatic heterocycles. The van der Waals surface area contributed by atoms with E-state index in [0.717, 1.165) is 22.2 Å². The molecule has 2 aromatic heterocycles. The fraction of sp³-hybridized carbons (Fsp3) is 0.176. The first-order valence-corrected chi connectivity index (χ1v) is 6.89. The number of hydrogen-bond acceptors (Lipinski definition) is 3. The number of fused-ring (bicyclic) bond motifs is 1. The predicted octanol–water partition coefficient (Wildman–Crippen LogP) is 4.28. The number of hydrogen-bond donors (Lipinski definition) is 2. The molecule has 1 aromatic carbocycles. The number of benzene rings is 1. The van der Waals surface area contributed by atoms with Crippen molar-refractivity contribution in [2.75, 3.05) is 0 Å². The Morgan fingerprint density at radius 2 is 2.10 bits per heavy atom. The third kappa shape index (κ3) is 2.40. The molecule has 4 heteroatoms. The fourth-order valence-electron chi connectivity index (χ4n) is 2.31. The summed E-state index contributed by atoms with van der Waals surface area (Å²) >= 11 is 0. The van der Waals surface area contributed by atoms with Gasteiger partial charge < -0.3 is 10.1 Å². The number of H-pyrrole nitrogens is 1. The van der Waals surface area contributed by atoms with Gasteiger partial charge in [-0.3, -0.25) is 0 Å². The third-order valence-electron chi connectivity index (χ3n) is 3.52. The maximum Gasteiger partial charge on any atom is 0.161 e. The van der Waals surface area contributed by atoms with Gasteiger partial charge in [0.2, 0.25) is 0 Å². The maximum absolute atomic E-state index is 9.56. The highest BCUT2D eigenvalue weighted by Crippen LogP contribution is 2.28. The lowest BCUT2D eigenvalue weighted by atomic mass is 10.1. The van der Waals surface area contributed by atoms with Crippen molar-refractivity contribution in [3.05, 3.63) is 54.5 Å². The molecule has 0 radical (unpaired) electrons. The first kappa shape index (κ1) is 13.4. The molecule has 2 heterocycles. The van der Waals surface area contributed by atoms with Crippen molar-refractivity contribution in [1.29, 1.82) is 0 Å². The van der Waals surface area contributed by atoms with Gasteiger partial charge in [0.25, 0.3) is 0 Å². The van der Waals surface area contributed by atoms with Crippen molar-refractivity contribution >= 4 is 16.7 Å². The number of aromatic nitrogens is 3. The maximum atomic E-state index is 9.56. The van der Waals surface area contributed by atoms with Crippen LogP contribution in [0.15, 0.2) is 43.2 Å². The lowest BCUT2D eigenvalue weighted by Crippen LogP contribution is -1.96. The Labute approximate surface area is 123 Å². The van der Waals surface area contributed by atoms with E-state index in [4.69, 9.17) is 0 Å². The highest BCUT2D eigenvalue weighted by molar-refractivity contribution is 5.95. The van der Waals surface area contributed by atoms with Gasteiger partial charge in [0, 0.05) is 40.1 Å². The molecule has 0 aliphatic rings. The molecule has 0 saturated heterocycles. The van der Waals surface area contributed by atoms with Crippen LogP contribution in [0, 0.1) is 0 Å². The zero-order valence-corrected chi connectivity index (χ0v) is 12.1. The predicted molar refractivity (Wildman–Crippen MR) is 85.1 cm³/mol. The molecular weight excluding hydrogens is 262 g/mol. The Kier molecular flexibility index (Phi) is 3.22. The normalized spacial score (nSPS) is 11.2.